The third kappa shape index (κ3) is 3.70. The molecule has 0 amide bonds. The lowest BCUT2D eigenvalue weighted by atomic mass is 9.72. The van der Waals surface area contributed by atoms with Gasteiger partial charge < -0.3 is 4.90 Å². The quantitative estimate of drug-likeness (QED) is 0.196. The maximum absolute atomic E-state index is 6.81. The fourth-order valence-electron chi connectivity index (χ4n) is 7.15. The summed E-state index contributed by atoms with van der Waals surface area (Å²) in [5.74, 6) is 0. The van der Waals surface area contributed by atoms with Crippen LogP contribution in [0.2, 0.25) is 0 Å². The monoisotopic (exact) mass is 569 g/mol. The molecule has 204 valence electrons. The van der Waals surface area contributed by atoms with Crippen LogP contribution >= 0.6 is 6.04 Å². The summed E-state index contributed by atoms with van der Waals surface area (Å²) in [5, 5.41) is 3.90. The van der Waals surface area contributed by atoms with Crippen LogP contribution in [-0.4, -0.2) is 0 Å². The second-order valence-corrected chi connectivity index (χ2v) is 17.1. The predicted octanol–water partition coefficient (Wildman–Crippen LogP) is 8.81. The van der Waals surface area contributed by atoms with Crippen molar-refractivity contribution in [2.75, 3.05) is 4.90 Å². The molecule has 2 aliphatic rings. The molecule has 0 bridgehead atoms. The molecule has 2 heterocycles. The number of hydrogen-bond donors (Lipinski definition) is 0. The number of aryl methyl sites for hydroxylation is 2. The van der Waals surface area contributed by atoms with Crippen LogP contribution in [0.4, 0.5) is 17.1 Å². The number of rotatable bonds is 2. The van der Waals surface area contributed by atoms with Crippen molar-refractivity contribution >= 4 is 50.8 Å². The molecule has 41 heavy (non-hydrogen) atoms. The highest BCUT2D eigenvalue weighted by Gasteiger charge is 2.43. The largest absolute Gasteiger partial charge is 0.310 e. The van der Waals surface area contributed by atoms with Crippen molar-refractivity contribution in [1.82, 2.24) is 0 Å². The molecule has 0 radical (unpaired) electrons. The molecule has 5 aromatic carbocycles. The zero-order valence-electron chi connectivity index (χ0n) is 24.7. The van der Waals surface area contributed by atoms with Crippen LogP contribution in [0.15, 0.2) is 109 Å². The molecule has 0 saturated heterocycles. The van der Waals surface area contributed by atoms with Crippen molar-refractivity contribution < 1.29 is 0 Å². The number of anilines is 3. The van der Waals surface area contributed by atoms with Gasteiger partial charge in [0, 0.05) is 22.6 Å². The summed E-state index contributed by atoms with van der Waals surface area (Å²) in [7, 11) is 0. The molecule has 0 aliphatic carbocycles. The standard InChI is InChI=1S/C38H36NPS/c1-25-16-19-33-30(22-25)38(5,6)31-23-26(2)17-20-34(31)39(33)27-18-21-36-32(24-27)37(3,4)29-14-10-11-15-35(29)40(36,41)28-12-8-7-9-13-28/h7-24H,1-6H3. The molecule has 0 saturated carbocycles. The smallest absolute Gasteiger partial charge is 0.0502 e. The third-order valence-electron chi connectivity index (χ3n) is 9.42. The average molecular weight is 570 g/mol. The van der Waals surface area contributed by atoms with Crippen molar-refractivity contribution in [3.05, 3.63) is 143 Å². The van der Waals surface area contributed by atoms with Gasteiger partial charge in [0.25, 0.3) is 0 Å². The topological polar surface area (TPSA) is 3.24 Å². The summed E-state index contributed by atoms with van der Waals surface area (Å²) in [4.78, 5) is 2.48. The van der Waals surface area contributed by atoms with E-state index in [-0.39, 0.29) is 10.8 Å². The second kappa shape index (κ2) is 9.02. The minimum absolute atomic E-state index is 0.0970. The van der Waals surface area contributed by atoms with Gasteiger partial charge in [0.2, 0.25) is 0 Å². The Bertz CT molecular complexity index is 1840. The van der Waals surface area contributed by atoms with Gasteiger partial charge in [-0.2, -0.15) is 0 Å². The van der Waals surface area contributed by atoms with Gasteiger partial charge in [-0.15, -0.1) is 0 Å². The van der Waals surface area contributed by atoms with Crippen LogP contribution < -0.4 is 20.8 Å². The highest BCUT2D eigenvalue weighted by Crippen LogP contribution is 2.56. The minimum atomic E-state index is -2.24. The summed E-state index contributed by atoms with van der Waals surface area (Å²) in [6.07, 6.45) is 0. The van der Waals surface area contributed by atoms with E-state index in [1.54, 1.807) is 0 Å². The fourth-order valence-corrected chi connectivity index (χ4v) is 11.8. The van der Waals surface area contributed by atoms with Crippen molar-refractivity contribution in [2.45, 2.75) is 52.4 Å². The van der Waals surface area contributed by atoms with E-state index in [4.69, 9.17) is 11.8 Å². The first kappa shape index (κ1) is 26.4. The molecule has 0 spiro atoms. The van der Waals surface area contributed by atoms with Crippen LogP contribution in [-0.2, 0) is 22.6 Å². The second-order valence-electron chi connectivity index (χ2n) is 12.8. The van der Waals surface area contributed by atoms with Gasteiger partial charge in [-0.1, -0.05) is 136 Å². The minimum Gasteiger partial charge on any atom is -0.310 e. The Hall–Kier alpha value is -3.45. The van der Waals surface area contributed by atoms with Crippen LogP contribution in [0.1, 0.15) is 61.1 Å². The lowest BCUT2D eigenvalue weighted by molar-refractivity contribution is 0.630. The summed E-state index contributed by atoms with van der Waals surface area (Å²) in [6, 6.07) is 38.5. The average Bonchev–Trinajstić information content (AvgIpc) is 2.97. The van der Waals surface area contributed by atoms with Gasteiger partial charge in [0.05, 0.1) is 11.4 Å². The van der Waals surface area contributed by atoms with E-state index in [2.05, 4.69) is 156 Å². The Kier molecular flexibility index (Phi) is 5.82. The van der Waals surface area contributed by atoms with E-state index in [9.17, 15) is 0 Å². The molecule has 7 rings (SSSR count). The zero-order valence-corrected chi connectivity index (χ0v) is 26.4. The normalized spacial score (nSPS) is 19.5. The number of fused-ring (bicyclic) bond motifs is 4. The number of hydrogen-bond acceptors (Lipinski definition) is 2. The van der Waals surface area contributed by atoms with Crippen LogP contribution in [0.5, 0.6) is 0 Å². The molecular formula is C38H36NPS. The third-order valence-corrected chi connectivity index (χ3v) is 14.4. The fraction of sp³-hybridized carbons (Fsp3) is 0.211. The Morgan fingerprint density at radius 3 is 1.71 bits per heavy atom. The van der Waals surface area contributed by atoms with Crippen LogP contribution in [0.25, 0.3) is 0 Å². The van der Waals surface area contributed by atoms with Crippen molar-refractivity contribution in [1.29, 1.82) is 0 Å². The number of benzene rings is 5. The highest BCUT2D eigenvalue weighted by molar-refractivity contribution is 8.25. The summed E-state index contributed by atoms with van der Waals surface area (Å²) < 4.78 is 0. The van der Waals surface area contributed by atoms with Gasteiger partial charge in [0.1, 0.15) is 0 Å². The summed E-state index contributed by atoms with van der Waals surface area (Å²) >= 11 is 6.81. The number of nitrogens with zero attached hydrogens (tertiary/aromatic N) is 1. The maximum Gasteiger partial charge on any atom is 0.0502 e. The van der Waals surface area contributed by atoms with Crippen molar-refractivity contribution in [3.8, 4) is 0 Å². The molecule has 0 aromatic heterocycles. The molecule has 1 unspecified atom stereocenters. The SMILES string of the molecule is Cc1ccc2c(c1)C(C)(C)c1cc(C)ccc1N2c1ccc2c(c1)C(C)(C)c1ccccc1P2(=S)c1ccccc1. The van der Waals surface area contributed by atoms with Crippen LogP contribution in [0.3, 0.4) is 0 Å². The van der Waals surface area contributed by atoms with Crippen LogP contribution in [0, 0.1) is 13.8 Å². The first-order valence-electron chi connectivity index (χ1n) is 14.5. The molecule has 5 aromatic rings. The maximum atomic E-state index is 6.81. The van der Waals surface area contributed by atoms with E-state index >= 15 is 0 Å². The van der Waals surface area contributed by atoms with Crippen molar-refractivity contribution in [3.63, 3.8) is 0 Å². The first-order chi connectivity index (χ1) is 19.5. The summed E-state index contributed by atoms with van der Waals surface area (Å²) in [6.45, 7) is 13.9. The van der Waals surface area contributed by atoms with Gasteiger partial charge >= 0.3 is 0 Å². The highest BCUT2D eigenvalue weighted by atomic mass is 32.4. The first-order valence-corrected chi connectivity index (χ1v) is 17.3. The molecule has 3 heteroatoms. The van der Waals surface area contributed by atoms with Crippen molar-refractivity contribution in [2.24, 2.45) is 0 Å². The van der Waals surface area contributed by atoms with E-state index in [0.717, 1.165) is 0 Å². The molecule has 1 atom stereocenters. The molecule has 0 N–H and O–H groups in total. The lowest BCUT2D eigenvalue weighted by Gasteiger charge is -2.44. The van der Waals surface area contributed by atoms with E-state index in [1.165, 1.54) is 66.4 Å². The zero-order chi connectivity index (χ0) is 28.7. The van der Waals surface area contributed by atoms with E-state index < -0.39 is 6.04 Å². The van der Waals surface area contributed by atoms with Gasteiger partial charge in [-0.05, 0) is 76.3 Å². The Labute approximate surface area is 249 Å². The Morgan fingerprint density at radius 2 is 1.07 bits per heavy atom. The molecule has 2 aliphatic heterocycles. The summed E-state index contributed by atoms with van der Waals surface area (Å²) in [5.41, 5.74) is 11.4. The Morgan fingerprint density at radius 1 is 0.537 bits per heavy atom. The molecular weight excluding hydrogens is 533 g/mol. The predicted molar refractivity (Wildman–Crippen MR) is 181 cm³/mol. The molecule has 1 nitrogen and oxygen atoms in total. The lowest BCUT2D eigenvalue weighted by Crippen LogP contribution is -2.42. The van der Waals surface area contributed by atoms with Gasteiger partial charge in [-0.25, -0.2) is 0 Å². The van der Waals surface area contributed by atoms with Gasteiger partial charge in [0.15, 0.2) is 0 Å². The van der Waals surface area contributed by atoms with E-state index in [0.29, 0.717) is 0 Å². The Balaban J connectivity index is 1.52. The van der Waals surface area contributed by atoms with Gasteiger partial charge in [-0.3, -0.25) is 0 Å². The molecule has 0 fully saturated rings. The van der Waals surface area contributed by atoms with E-state index in [1.807, 2.05) is 0 Å².